The molecule has 8 heteroatoms. The van der Waals surface area contributed by atoms with Crippen molar-refractivity contribution in [1.29, 1.82) is 0 Å². The van der Waals surface area contributed by atoms with Gasteiger partial charge in [0.25, 0.3) is 0 Å². The van der Waals surface area contributed by atoms with Gasteiger partial charge in [-0.05, 0) is 18.2 Å². The summed E-state index contributed by atoms with van der Waals surface area (Å²) in [5.41, 5.74) is 5.14. The zero-order valence-electron chi connectivity index (χ0n) is 14.4. The lowest BCUT2D eigenvalue weighted by atomic mass is 10.1. The molecule has 0 aliphatic carbocycles. The maximum Gasteiger partial charge on any atom is 0.182 e. The average molecular weight is 405 g/mol. The highest BCUT2D eigenvalue weighted by Crippen LogP contribution is 2.34. The van der Waals surface area contributed by atoms with Crippen LogP contribution in [0, 0.1) is 0 Å². The molecule has 2 N–H and O–H groups in total. The summed E-state index contributed by atoms with van der Waals surface area (Å²) in [5.74, 6) is 0.676. The van der Waals surface area contributed by atoms with Gasteiger partial charge in [0, 0.05) is 22.2 Å². The number of imidazole rings is 1. The van der Waals surface area contributed by atoms with Gasteiger partial charge in [0.1, 0.15) is 16.9 Å². The molecule has 0 atom stereocenters. The molecule has 0 aliphatic rings. The third-order valence-corrected chi connectivity index (χ3v) is 5.46. The highest BCUT2D eigenvalue weighted by atomic mass is 35.5. The number of aromatic nitrogens is 5. The fraction of sp³-hybridized carbons (Fsp3) is 0. The van der Waals surface area contributed by atoms with Crippen molar-refractivity contribution in [1.82, 2.24) is 24.9 Å². The first-order valence-electron chi connectivity index (χ1n) is 8.50. The number of hydrogen-bond donors (Lipinski definition) is 2. The topological polar surface area (TPSA) is 79.4 Å². The summed E-state index contributed by atoms with van der Waals surface area (Å²) < 4.78 is 0. The van der Waals surface area contributed by atoms with Crippen LogP contribution in [0.15, 0.2) is 66.6 Å². The van der Waals surface area contributed by atoms with Crippen LogP contribution >= 0.6 is 22.9 Å². The van der Waals surface area contributed by atoms with Gasteiger partial charge in [0.2, 0.25) is 0 Å². The van der Waals surface area contributed by atoms with Crippen LogP contribution in [0.1, 0.15) is 0 Å². The smallest absolute Gasteiger partial charge is 0.182 e. The molecule has 0 unspecified atom stereocenters. The van der Waals surface area contributed by atoms with E-state index in [4.69, 9.17) is 16.6 Å². The summed E-state index contributed by atoms with van der Waals surface area (Å²) in [5, 5.41) is 6.96. The van der Waals surface area contributed by atoms with Gasteiger partial charge >= 0.3 is 0 Å². The van der Waals surface area contributed by atoms with Gasteiger partial charge in [-0.25, -0.2) is 19.9 Å². The lowest BCUT2D eigenvalue weighted by molar-refractivity contribution is 1.20. The number of thiazole rings is 1. The Kier molecular flexibility index (Phi) is 4.23. The van der Waals surface area contributed by atoms with Crippen LogP contribution in [0.25, 0.3) is 33.0 Å². The molecular weight excluding hydrogens is 392 g/mol. The van der Waals surface area contributed by atoms with Crippen molar-refractivity contribution in [2.75, 3.05) is 5.32 Å². The number of anilines is 2. The van der Waals surface area contributed by atoms with Gasteiger partial charge in [-0.15, -0.1) is 11.3 Å². The van der Waals surface area contributed by atoms with Gasteiger partial charge in [0.05, 0.1) is 17.0 Å². The molecule has 136 valence electrons. The molecule has 0 amide bonds. The monoisotopic (exact) mass is 404 g/mol. The average Bonchev–Trinajstić information content (AvgIpc) is 3.39. The molecule has 0 spiro atoms. The van der Waals surface area contributed by atoms with Crippen molar-refractivity contribution in [3.05, 3.63) is 71.6 Å². The number of nitrogens with one attached hydrogen (secondary N) is 2. The summed E-state index contributed by atoms with van der Waals surface area (Å²) in [6, 6.07) is 15.8. The van der Waals surface area contributed by atoms with Crippen molar-refractivity contribution < 1.29 is 0 Å². The molecular formula is C20H13ClN6S. The van der Waals surface area contributed by atoms with Gasteiger partial charge in [-0.2, -0.15) is 0 Å². The third kappa shape index (κ3) is 3.11. The molecule has 0 fully saturated rings. The second-order valence-electron chi connectivity index (χ2n) is 6.05. The van der Waals surface area contributed by atoms with E-state index in [9.17, 15) is 0 Å². The Balaban J connectivity index is 1.47. The van der Waals surface area contributed by atoms with Crippen molar-refractivity contribution in [3.63, 3.8) is 0 Å². The molecule has 3 heterocycles. The lowest BCUT2D eigenvalue weighted by Gasteiger charge is -2.07. The van der Waals surface area contributed by atoms with Crippen molar-refractivity contribution >= 4 is 45.6 Å². The van der Waals surface area contributed by atoms with Crippen LogP contribution in [-0.2, 0) is 0 Å². The van der Waals surface area contributed by atoms with Gasteiger partial charge in [-0.1, -0.05) is 41.9 Å². The summed E-state index contributed by atoms with van der Waals surface area (Å²) in [4.78, 5) is 20.4. The Morgan fingerprint density at radius 2 is 1.93 bits per heavy atom. The Labute approximate surface area is 169 Å². The zero-order valence-corrected chi connectivity index (χ0v) is 16.0. The number of hydrogen-bond acceptors (Lipinski definition) is 6. The molecule has 0 saturated heterocycles. The van der Waals surface area contributed by atoms with E-state index in [1.807, 2.05) is 53.9 Å². The van der Waals surface area contributed by atoms with Crippen LogP contribution in [-0.4, -0.2) is 24.9 Å². The number of halogens is 1. The van der Waals surface area contributed by atoms with E-state index in [-0.39, 0.29) is 0 Å². The van der Waals surface area contributed by atoms with Gasteiger partial charge in [0.15, 0.2) is 11.5 Å². The fourth-order valence-electron chi connectivity index (χ4n) is 2.92. The Morgan fingerprint density at radius 1 is 1.00 bits per heavy atom. The summed E-state index contributed by atoms with van der Waals surface area (Å²) in [6.07, 6.45) is 3.10. The lowest BCUT2D eigenvalue weighted by Crippen LogP contribution is -1.96. The predicted octanol–water partition coefficient (Wildman–Crippen LogP) is 5.54. The number of rotatable bonds is 4. The van der Waals surface area contributed by atoms with Gasteiger partial charge in [-0.3, -0.25) is 0 Å². The van der Waals surface area contributed by atoms with E-state index in [0.29, 0.717) is 16.5 Å². The number of benzene rings is 2. The van der Waals surface area contributed by atoms with Crippen molar-refractivity contribution in [3.8, 4) is 21.8 Å². The Hall–Kier alpha value is -3.29. The first-order valence-corrected chi connectivity index (χ1v) is 9.76. The number of aromatic amines is 1. The minimum atomic E-state index is 0.623. The van der Waals surface area contributed by atoms with Crippen molar-refractivity contribution in [2.24, 2.45) is 0 Å². The van der Waals surface area contributed by atoms with E-state index in [2.05, 4.69) is 25.3 Å². The molecule has 0 saturated carbocycles. The molecule has 2 aromatic carbocycles. The van der Waals surface area contributed by atoms with Crippen LogP contribution < -0.4 is 5.32 Å². The first-order chi connectivity index (χ1) is 13.8. The summed E-state index contributed by atoms with van der Waals surface area (Å²) in [7, 11) is 0. The van der Waals surface area contributed by atoms with Crippen molar-refractivity contribution in [2.45, 2.75) is 0 Å². The van der Waals surface area contributed by atoms with E-state index in [0.717, 1.165) is 33.0 Å². The van der Waals surface area contributed by atoms with E-state index >= 15 is 0 Å². The molecule has 0 radical (unpaired) electrons. The molecule has 0 aliphatic heterocycles. The number of fused-ring (bicyclic) bond motifs is 1. The minimum Gasteiger partial charge on any atom is -0.340 e. The second kappa shape index (κ2) is 7.03. The summed E-state index contributed by atoms with van der Waals surface area (Å²) in [6.45, 7) is 0. The standard InChI is InChI=1S/C20H13ClN6S/c21-15-7-2-1-6-14(15)20-27-16(9-28-20)12-4-3-5-13(8-12)26-19-17-18(23-10-22-17)24-11-25-19/h1-11H,(H2,22,23,24,25,26). The summed E-state index contributed by atoms with van der Waals surface area (Å²) >= 11 is 7.88. The molecule has 6 nitrogen and oxygen atoms in total. The SMILES string of the molecule is Clc1ccccc1-c1nc(-c2cccc(Nc3ncnc4nc[nH]c34)c2)cs1. The Bertz CT molecular complexity index is 1280. The molecule has 28 heavy (non-hydrogen) atoms. The minimum absolute atomic E-state index is 0.623. The number of nitrogens with zero attached hydrogens (tertiary/aromatic N) is 4. The predicted molar refractivity (Wildman–Crippen MR) is 113 cm³/mol. The van der Waals surface area contributed by atoms with Gasteiger partial charge < -0.3 is 10.3 Å². The van der Waals surface area contributed by atoms with E-state index in [1.165, 1.54) is 6.33 Å². The largest absolute Gasteiger partial charge is 0.340 e. The molecule has 3 aromatic heterocycles. The number of H-pyrrole nitrogens is 1. The van der Waals surface area contributed by atoms with Crippen LogP contribution in [0.2, 0.25) is 5.02 Å². The molecule has 5 rings (SSSR count). The van der Waals surface area contributed by atoms with Crippen LogP contribution in [0.3, 0.4) is 0 Å². The second-order valence-corrected chi connectivity index (χ2v) is 7.31. The maximum absolute atomic E-state index is 6.30. The molecule has 5 aromatic rings. The fourth-order valence-corrected chi connectivity index (χ4v) is 4.07. The quantitative estimate of drug-likeness (QED) is 0.411. The Morgan fingerprint density at radius 3 is 2.86 bits per heavy atom. The third-order valence-electron chi connectivity index (χ3n) is 4.25. The molecule has 0 bridgehead atoms. The van der Waals surface area contributed by atoms with E-state index < -0.39 is 0 Å². The highest BCUT2D eigenvalue weighted by Gasteiger charge is 2.11. The highest BCUT2D eigenvalue weighted by molar-refractivity contribution is 7.13. The maximum atomic E-state index is 6.30. The van der Waals surface area contributed by atoms with Crippen LogP contribution in [0.5, 0.6) is 0 Å². The zero-order chi connectivity index (χ0) is 18.9. The van der Waals surface area contributed by atoms with E-state index in [1.54, 1.807) is 17.7 Å². The first kappa shape index (κ1) is 16.9. The normalized spacial score (nSPS) is 11.0. The van der Waals surface area contributed by atoms with Crippen LogP contribution in [0.4, 0.5) is 11.5 Å².